The number of hydrogen-bond acceptors (Lipinski definition) is 4. The van der Waals surface area contributed by atoms with Crippen LogP contribution < -0.4 is 5.32 Å². The number of pyridine rings is 1. The first-order chi connectivity index (χ1) is 13.1. The molecule has 1 saturated heterocycles. The van der Waals surface area contributed by atoms with Gasteiger partial charge in [-0.1, -0.05) is 0 Å². The summed E-state index contributed by atoms with van der Waals surface area (Å²) in [6.07, 6.45) is 7.96. The first-order valence-electron chi connectivity index (χ1n) is 9.49. The summed E-state index contributed by atoms with van der Waals surface area (Å²) < 4.78 is 1.91. The standard InChI is InChI=1S/C20H26N6O/c1-14-8-17(24-25(14)2)13-26-7-3-4-16(12-26)23-20(27)9-15-10-22-19-11-21-6-5-18(15)19/h5-6,8,10-11,16,22H,3-4,7,9,12-13H2,1-2H3,(H,23,27)/t16-/m0/s1. The molecule has 0 aliphatic carbocycles. The van der Waals surface area contributed by atoms with Crippen LogP contribution in [0, 0.1) is 6.92 Å². The van der Waals surface area contributed by atoms with Crippen LogP contribution in [-0.4, -0.2) is 49.7 Å². The van der Waals surface area contributed by atoms with Gasteiger partial charge in [-0.3, -0.25) is 19.4 Å². The van der Waals surface area contributed by atoms with E-state index in [0.717, 1.165) is 54.6 Å². The summed E-state index contributed by atoms with van der Waals surface area (Å²) in [6.45, 7) is 4.83. The quantitative estimate of drug-likeness (QED) is 0.723. The number of carbonyl (C=O) groups is 1. The number of H-pyrrole nitrogens is 1. The van der Waals surface area contributed by atoms with Crippen molar-refractivity contribution in [3.8, 4) is 0 Å². The Morgan fingerprint density at radius 2 is 2.33 bits per heavy atom. The Bertz CT molecular complexity index is 924. The second kappa shape index (κ2) is 7.52. The minimum absolute atomic E-state index is 0.0771. The highest BCUT2D eigenvalue weighted by atomic mass is 16.1. The van der Waals surface area contributed by atoms with Crippen LogP contribution in [0.5, 0.6) is 0 Å². The van der Waals surface area contributed by atoms with Crippen LogP contribution in [0.2, 0.25) is 0 Å². The van der Waals surface area contributed by atoms with Gasteiger partial charge in [-0.05, 0) is 44.0 Å². The van der Waals surface area contributed by atoms with Crippen molar-refractivity contribution in [2.45, 2.75) is 38.8 Å². The number of fused-ring (bicyclic) bond motifs is 1. The van der Waals surface area contributed by atoms with Crippen molar-refractivity contribution in [1.82, 2.24) is 30.0 Å². The molecule has 3 aromatic heterocycles. The molecule has 3 aromatic rings. The van der Waals surface area contributed by atoms with Gasteiger partial charge in [0.2, 0.25) is 5.91 Å². The predicted octanol–water partition coefficient (Wildman–Crippen LogP) is 1.93. The van der Waals surface area contributed by atoms with E-state index in [1.54, 1.807) is 12.4 Å². The number of piperidine rings is 1. The SMILES string of the molecule is Cc1cc(CN2CCC[C@H](NC(=O)Cc3c[nH]c4cnccc34)C2)nn1C. The third kappa shape index (κ3) is 4.03. The highest BCUT2D eigenvalue weighted by Gasteiger charge is 2.22. The molecule has 0 saturated carbocycles. The average molecular weight is 366 g/mol. The summed E-state index contributed by atoms with van der Waals surface area (Å²) in [5.41, 5.74) is 4.24. The van der Waals surface area contributed by atoms with Crippen molar-refractivity contribution in [3.63, 3.8) is 0 Å². The number of aromatic amines is 1. The fourth-order valence-corrected chi connectivity index (χ4v) is 3.89. The summed E-state index contributed by atoms with van der Waals surface area (Å²) in [5, 5.41) is 8.83. The molecule has 4 heterocycles. The lowest BCUT2D eigenvalue weighted by atomic mass is 10.0. The van der Waals surface area contributed by atoms with Crippen LogP contribution >= 0.6 is 0 Å². The van der Waals surface area contributed by atoms with Crippen molar-refractivity contribution >= 4 is 16.8 Å². The third-order valence-corrected chi connectivity index (χ3v) is 5.34. The maximum Gasteiger partial charge on any atom is 0.224 e. The maximum atomic E-state index is 12.6. The first kappa shape index (κ1) is 17.7. The van der Waals surface area contributed by atoms with Gasteiger partial charge in [0.1, 0.15) is 0 Å². The van der Waals surface area contributed by atoms with Crippen molar-refractivity contribution in [1.29, 1.82) is 0 Å². The van der Waals surface area contributed by atoms with Gasteiger partial charge < -0.3 is 10.3 Å². The number of amides is 1. The van der Waals surface area contributed by atoms with Crippen LogP contribution in [-0.2, 0) is 24.8 Å². The lowest BCUT2D eigenvalue weighted by Crippen LogP contribution is -2.47. The molecule has 1 aliphatic rings. The summed E-state index contributed by atoms with van der Waals surface area (Å²) >= 11 is 0. The van der Waals surface area contributed by atoms with E-state index < -0.39 is 0 Å². The third-order valence-electron chi connectivity index (χ3n) is 5.34. The summed E-state index contributed by atoms with van der Waals surface area (Å²) in [6, 6.07) is 4.28. The molecular formula is C20H26N6O. The number of likely N-dealkylation sites (tertiary alicyclic amines) is 1. The van der Waals surface area contributed by atoms with E-state index in [-0.39, 0.29) is 11.9 Å². The molecule has 0 radical (unpaired) electrons. The minimum atomic E-state index is 0.0771. The monoisotopic (exact) mass is 366 g/mol. The second-order valence-corrected chi connectivity index (χ2v) is 7.45. The molecule has 7 heteroatoms. The van der Waals surface area contributed by atoms with Gasteiger partial charge in [0.05, 0.1) is 23.8 Å². The lowest BCUT2D eigenvalue weighted by molar-refractivity contribution is -0.121. The van der Waals surface area contributed by atoms with Gasteiger partial charge in [-0.25, -0.2) is 0 Å². The second-order valence-electron chi connectivity index (χ2n) is 7.45. The van der Waals surface area contributed by atoms with Crippen molar-refractivity contribution < 1.29 is 4.79 Å². The minimum Gasteiger partial charge on any atom is -0.360 e. The maximum absolute atomic E-state index is 12.6. The van der Waals surface area contributed by atoms with Crippen LogP contribution in [0.1, 0.15) is 29.8 Å². The number of nitrogens with zero attached hydrogens (tertiary/aromatic N) is 4. The molecular weight excluding hydrogens is 340 g/mol. The molecule has 2 N–H and O–H groups in total. The molecule has 0 unspecified atom stereocenters. The summed E-state index contributed by atoms with van der Waals surface area (Å²) in [5.74, 6) is 0.0771. The van der Waals surface area contributed by atoms with Crippen molar-refractivity contribution in [3.05, 3.63) is 47.7 Å². The molecule has 27 heavy (non-hydrogen) atoms. The topological polar surface area (TPSA) is 78.8 Å². The molecule has 0 bridgehead atoms. The van der Waals surface area contributed by atoms with E-state index in [1.165, 1.54) is 5.69 Å². The molecule has 7 nitrogen and oxygen atoms in total. The van der Waals surface area contributed by atoms with Crippen LogP contribution in [0.25, 0.3) is 10.9 Å². The zero-order valence-corrected chi connectivity index (χ0v) is 15.9. The van der Waals surface area contributed by atoms with E-state index in [9.17, 15) is 4.79 Å². The van der Waals surface area contributed by atoms with E-state index >= 15 is 0 Å². The highest BCUT2D eigenvalue weighted by molar-refractivity contribution is 5.88. The summed E-state index contributed by atoms with van der Waals surface area (Å²) in [7, 11) is 1.97. The number of hydrogen-bond donors (Lipinski definition) is 2. The molecule has 4 rings (SSSR count). The van der Waals surface area contributed by atoms with Crippen molar-refractivity contribution in [2.24, 2.45) is 7.05 Å². The van der Waals surface area contributed by atoms with E-state index in [1.807, 2.05) is 24.0 Å². The van der Waals surface area contributed by atoms with Gasteiger partial charge in [-0.15, -0.1) is 0 Å². The molecule has 1 aliphatic heterocycles. The average Bonchev–Trinajstić information content (AvgIpc) is 3.18. The van der Waals surface area contributed by atoms with Crippen LogP contribution in [0.3, 0.4) is 0 Å². The number of aryl methyl sites for hydroxylation is 2. The van der Waals surface area contributed by atoms with E-state index in [2.05, 4.69) is 38.3 Å². The molecule has 1 atom stereocenters. The van der Waals surface area contributed by atoms with Gasteiger partial charge in [0.15, 0.2) is 0 Å². The van der Waals surface area contributed by atoms with Gasteiger partial charge in [-0.2, -0.15) is 5.10 Å². The smallest absolute Gasteiger partial charge is 0.224 e. The molecule has 0 spiro atoms. The summed E-state index contributed by atoms with van der Waals surface area (Å²) in [4.78, 5) is 22.2. The zero-order valence-electron chi connectivity index (χ0n) is 15.9. The Balaban J connectivity index is 1.34. The lowest BCUT2D eigenvalue weighted by Gasteiger charge is -2.32. The normalized spacial score (nSPS) is 18.1. The Morgan fingerprint density at radius 3 is 3.15 bits per heavy atom. The number of rotatable bonds is 5. The largest absolute Gasteiger partial charge is 0.360 e. The van der Waals surface area contributed by atoms with Crippen molar-refractivity contribution in [2.75, 3.05) is 13.1 Å². The van der Waals surface area contributed by atoms with Crippen LogP contribution in [0.4, 0.5) is 0 Å². The number of carbonyl (C=O) groups excluding carboxylic acids is 1. The highest BCUT2D eigenvalue weighted by Crippen LogP contribution is 2.18. The Morgan fingerprint density at radius 1 is 1.44 bits per heavy atom. The molecule has 1 amide bonds. The van der Waals surface area contributed by atoms with Crippen LogP contribution in [0.15, 0.2) is 30.7 Å². The number of aromatic nitrogens is 4. The predicted molar refractivity (Wildman–Crippen MR) is 104 cm³/mol. The molecule has 0 aromatic carbocycles. The Labute approximate surface area is 158 Å². The Kier molecular flexibility index (Phi) is 4.94. The molecule has 142 valence electrons. The molecule has 1 fully saturated rings. The zero-order chi connectivity index (χ0) is 18.8. The number of nitrogens with one attached hydrogen (secondary N) is 2. The van der Waals surface area contributed by atoms with Gasteiger partial charge in [0, 0.05) is 49.7 Å². The van der Waals surface area contributed by atoms with E-state index in [4.69, 9.17) is 0 Å². The van der Waals surface area contributed by atoms with E-state index in [0.29, 0.717) is 6.42 Å². The Hall–Kier alpha value is -2.67. The fraction of sp³-hybridized carbons (Fsp3) is 0.450. The first-order valence-corrected chi connectivity index (χ1v) is 9.49. The van der Waals surface area contributed by atoms with Gasteiger partial charge >= 0.3 is 0 Å². The van der Waals surface area contributed by atoms with Gasteiger partial charge in [0.25, 0.3) is 0 Å². The fourth-order valence-electron chi connectivity index (χ4n) is 3.89.